The lowest BCUT2D eigenvalue weighted by atomic mass is 10.1. The molecule has 0 aromatic heterocycles. The molecule has 0 saturated heterocycles. The Balaban J connectivity index is 1.96. The van der Waals surface area contributed by atoms with Crippen LogP contribution in [0.5, 0.6) is 5.75 Å². The van der Waals surface area contributed by atoms with E-state index in [1.165, 1.54) is 24.3 Å². The summed E-state index contributed by atoms with van der Waals surface area (Å²) in [5.74, 6) is -0.350. The zero-order chi connectivity index (χ0) is 14.3. The Morgan fingerprint density at radius 3 is 2.75 bits per heavy atom. The van der Waals surface area contributed by atoms with Gasteiger partial charge in [-0.1, -0.05) is 33.6 Å². The first-order chi connectivity index (χ1) is 9.54. The van der Waals surface area contributed by atoms with Crippen LogP contribution in [0, 0.1) is 11.6 Å². The smallest absolute Gasteiger partial charge is 0.162 e. The van der Waals surface area contributed by atoms with Gasteiger partial charge in [0.25, 0.3) is 0 Å². The number of benzene rings is 2. The molecular weight excluding hydrogens is 352 g/mol. The van der Waals surface area contributed by atoms with Crippen LogP contribution in [-0.4, -0.2) is 6.54 Å². The van der Waals surface area contributed by atoms with Gasteiger partial charge in [-0.3, -0.25) is 0 Å². The molecule has 1 atom stereocenters. The van der Waals surface area contributed by atoms with Crippen LogP contribution in [0.1, 0.15) is 11.7 Å². The Hall–Kier alpha value is -1.33. The Morgan fingerprint density at radius 1 is 1.20 bits per heavy atom. The summed E-state index contributed by atoms with van der Waals surface area (Å²) in [7, 11) is 0. The second kappa shape index (κ2) is 5.22. The maximum absolute atomic E-state index is 13.3. The van der Waals surface area contributed by atoms with Crippen molar-refractivity contribution in [2.75, 3.05) is 11.9 Å². The number of nitrogens with one attached hydrogen (secondary N) is 1. The fraction of sp³-hybridized carbons (Fsp3) is 0.143. The number of halogens is 4. The number of hydrogen-bond donors (Lipinski definition) is 1. The molecule has 6 heteroatoms. The van der Waals surface area contributed by atoms with E-state index >= 15 is 0 Å². The molecule has 2 aromatic rings. The Kier molecular flexibility index (Phi) is 3.56. The van der Waals surface area contributed by atoms with E-state index < -0.39 is 5.82 Å². The molecule has 0 radical (unpaired) electrons. The molecule has 2 nitrogen and oxygen atoms in total. The number of anilines is 1. The molecular formula is C14H9BrClF2NO. The predicted molar refractivity (Wildman–Crippen MR) is 77.4 cm³/mol. The Morgan fingerprint density at radius 2 is 2.00 bits per heavy atom. The molecule has 104 valence electrons. The SMILES string of the molecule is Fc1ccc(C2CNc3cc(F)cc(Cl)c3O2)c(Br)c1. The van der Waals surface area contributed by atoms with Crippen molar-refractivity contribution in [3.05, 3.63) is 57.0 Å². The average molecular weight is 361 g/mol. The largest absolute Gasteiger partial charge is 0.480 e. The quantitative estimate of drug-likeness (QED) is 0.779. The maximum Gasteiger partial charge on any atom is 0.162 e. The van der Waals surface area contributed by atoms with Gasteiger partial charge in [-0.05, 0) is 18.2 Å². The van der Waals surface area contributed by atoms with Gasteiger partial charge < -0.3 is 10.1 Å². The molecule has 1 unspecified atom stereocenters. The fourth-order valence-electron chi connectivity index (χ4n) is 2.13. The summed E-state index contributed by atoms with van der Waals surface area (Å²) in [4.78, 5) is 0. The lowest BCUT2D eigenvalue weighted by molar-refractivity contribution is 0.209. The van der Waals surface area contributed by atoms with E-state index in [-0.39, 0.29) is 16.9 Å². The molecule has 3 rings (SSSR count). The third kappa shape index (κ3) is 2.47. The van der Waals surface area contributed by atoms with Crippen molar-refractivity contribution < 1.29 is 13.5 Å². The third-order valence-corrected chi connectivity index (χ3v) is 4.02. The van der Waals surface area contributed by atoms with Gasteiger partial charge >= 0.3 is 0 Å². The van der Waals surface area contributed by atoms with Gasteiger partial charge in [0.1, 0.15) is 17.7 Å². The maximum atomic E-state index is 13.3. The van der Waals surface area contributed by atoms with Crippen LogP contribution in [0.4, 0.5) is 14.5 Å². The molecule has 0 fully saturated rings. The average Bonchev–Trinajstić information content (AvgIpc) is 2.38. The first-order valence-electron chi connectivity index (χ1n) is 5.89. The van der Waals surface area contributed by atoms with Crippen molar-refractivity contribution in [3.8, 4) is 5.75 Å². The van der Waals surface area contributed by atoms with Gasteiger partial charge in [-0.15, -0.1) is 0 Å². The number of rotatable bonds is 1. The fourth-order valence-corrected chi connectivity index (χ4v) is 2.99. The van der Waals surface area contributed by atoms with Crippen molar-refractivity contribution in [2.24, 2.45) is 0 Å². The van der Waals surface area contributed by atoms with E-state index in [0.29, 0.717) is 22.5 Å². The summed E-state index contributed by atoms with van der Waals surface area (Å²) in [6.07, 6.45) is -0.333. The van der Waals surface area contributed by atoms with Gasteiger partial charge in [0.15, 0.2) is 5.75 Å². The van der Waals surface area contributed by atoms with Gasteiger partial charge in [0.05, 0.1) is 17.3 Å². The number of ether oxygens (including phenoxy) is 1. The van der Waals surface area contributed by atoms with Gasteiger partial charge in [0.2, 0.25) is 0 Å². The van der Waals surface area contributed by atoms with Crippen molar-refractivity contribution in [1.29, 1.82) is 0 Å². The van der Waals surface area contributed by atoms with Crippen molar-refractivity contribution >= 4 is 33.2 Å². The molecule has 0 bridgehead atoms. The zero-order valence-electron chi connectivity index (χ0n) is 10.1. The highest BCUT2D eigenvalue weighted by atomic mass is 79.9. The first-order valence-corrected chi connectivity index (χ1v) is 7.06. The molecule has 1 aliphatic rings. The van der Waals surface area contributed by atoms with Gasteiger partial charge in [0, 0.05) is 16.1 Å². The molecule has 1 N–H and O–H groups in total. The molecule has 0 amide bonds. The monoisotopic (exact) mass is 359 g/mol. The van der Waals surface area contributed by atoms with E-state index in [4.69, 9.17) is 16.3 Å². The van der Waals surface area contributed by atoms with Crippen molar-refractivity contribution in [2.45, 2.75) is 6.10 Å². The highest BCUT2D eigenvalue weighted by Crippen LogP contribution is 2.41. The molecule has 2 aromatic carbocycles. The minimum absolute atomic E-state index is 0.204. The van der Waals surface area contributed by atoms with Crippen LogP contribution < -0.4 is 10.1 Å². The summed E-state index contributed by atoms with van der Waals surface area (Å²) >= 11 is 9.30. The van der Waals surface area contributed by atoms with Gasteiger partial charge in [-0.2, -0.15) is 0 Å². The summed E-state index contributed by atoms with van der Waals surface area (Å²) in [5.41, 5.74) is 1.31. The molecule has 0 spiro atoms. The van der Waals surface area contributed by atoms with E-state index in [1.807, 2.05) is 0 Å². The van der Waals surface area contributed by atoms with Crippen LogP contribution in [-0.2, 0) is 0 Å². The van der Waals surface area contributed by atoms with Crippen LogP contribution in [0.2, 0.25) is 5.02 Å². The van der Waals surface area contributed by atoms with E-state index in [9.17, 15) is 8.78 Å². The minimum Gasteiger partial charge on any atom is -0.480 e. The van der Waals surface area contributed by atoms with E-state index in [2.05, 4.69) is 21.2 Å². The zero-order valence-corrected chi connectivity index (χ0v) is 12.4. The van der Waals surface area contributed by atoms with E-state index in [1.54, 1.807) is 6.07 Å². The summed E-state index contributed by atoms with van der Waals surface area (Å²) < 4.78 is 32.8. The second-order valence-electron chi connectivity index (χ2n) is 4.42. The van der Waals surface area contributed by atoms with Crippen LogP contribution in [0.3, 0.4) is 0 Å². The van der Waals surface area contributed by atoms with Crippen molar-refractivity contribution in [1.82, 2.24) is 0 Å². The molecule has 0 saturated carbocycles. The lowest BCUT2D eigenvalue weighted by Crippen LogP contribution is -2.24. The highest BCUT2D eigenvalue weighted by Gasteiger charge is 2.25. The normalized spacial score (nSPS) is 17.1. The van der Waals surface area contributed by atoms with Crippen molar-refractivity contribution in [3.63, 3.8) is 0 Å². The predicted octanol–water partition coefficient (Wildman–Crippen LogP) is 4.93. The van der Waals surface area contributed by atoms with Gasteiger partial charge in [-0.25, -0.2) is 8.78 Å². The molecule has 1 aliphatic heterocycles. The van der Waals surface area contributed by atoms with Crippen LogP contribution >= 0.6 is 27.5 Å². The van der Waals surface area contributed by atoms with Crippen LogP contribution in [0.15, 0.2) is 34.8 Å². The minimum atomic E-state index is -0.425. The Labute approximate surface area is 127 Å². The summed E-state index contributed by atoms with van der Waals surface area (Å²) in [6.45, 7) is 0.441. The topological polar surface area (TPSA) is 21.3 Å². The number of fused-ring (bicyclic) bond motifs is 1. The lowest BCUT2D eigenvalue weighted by Gasteiger charge is -2.29. The first kappa shape index (κ1) is 13.6. The summed E-state index contributed by atoms with van der Waals surface area (Å²) in [5, 5.41) is 3.27. The standard InChI is InChI=1S/C14H9BrClF2NO/c15-10-3-7(17)1-2-9(10)13-6-19-12-5-8(18)4-11(16)14(12)20-13/h1-5,13,19H,6H2. The second-order valence-corrected chi connectivity index (χ2v) is 5.68. The third-order valence-electron chi connectivity index (χ3n) is 3.06. The summed E-state index contributed by atoms with van der Waals surface area (Å²) in [6, 6.07) is 6.92. The Bertz CT molecular complexity index is 680. The molecule has 20 heavy (non-hydrogen) atoms. The van der Waals surface area contributed by atoms with Crippen LogP contribution in [0.25, 0.3) is 0 Å². The highest BCUT2D eigenvalue weighted by molar-refractivity contribution is 9.10. The molecule has 0 aliphatic carbocycles. The number of hydrogen-bond acceptors (Lipinski definition) is 2. The van der Waals surface area contributed by atoms with E-state index in [0.717, 1.165) is 5.56 Å². The molecule has 1 heterocycles.